The minimum absolute atomic E-state index is 0.253. The number of aromatic nitrogens is 2. The van der Waals surface area contributed by atoms with Crippen LogP contribution in [0.15, 0.2) is 35.1 Å². The lowest BCUT2D eigenvalue weighted by molar-refractivity contribution is 0.102. The smallest absolute Gasteiger partial charge is 0.258 e. The van der Waals surface area contributed by atoms with Gasteiger partial charge >= 0.3 is 0 Å². The highest BCUT2D eigenvalue weighted by atomic mass is 127. The zero-order chi connectivity index (χ0) is 13.1. The van der Waals surface area contributed by atoms with Crippen LogP contribution in [-0.2, 0) is 0 Å². The van der Waals surface area contributed by atoms with Gasteiger partial charge in [-0.3, -0.25) is 4.79 Å². The standard InChI is InChI=1S/C11H6BrClIN3O/c12-8-2-1-6(14)3-7(8)11(18)17-10-5-15-9(13)4-16-10/h1-5H,(H,16,17,18). The van der Waals surface area contributed by atoms with E-state index in [1.165, 1.54) is 12.4 Å². The SMILES string of the molecule is O=C(Nc1cnc(Cl)cn1)c1cc(I)ccc1Br. The number of nitrogens with one attached hydrogen (secondary N) is 1. The molecule has 0 unspecified atom stereocenters. The van der Waals surface area contributed by atoms with E-state index in [1.807, 2.05) is 12.1 Å². The zero-order valence-corrected chi connectivity index (χ0v) is 13.3. The fourth-order valence-electron chi connectivity index (χ4n) is 1.23. The summed E-state index contributed by atoms with van der Waals surface area (Å²) in [5.41, 5.74) is 0.540. The van der Waals surface area contributed by atoms with Gasteiger partial charge < -0.3 is 5.32 Å². The van der Waals surface area contributed by atoms with Gasteiger partial charge in [0.15, 0.2) is 5.82 Å². The second kappa shape index (κ2) is 5.94. The molecule has 0 saturated heterocycles. The molecule has 0 bridgehead atoms. The van der Waals surface area contributed by atoms with Crippen molar-refractivity contribution < 1.29 is 4.79 Å². The van der Waals surface area contributed by atoms with E-state index in [2.05, 4.69) is 53.8 Å². The highest BCUT2D eigenvalue weighted by Gasteiger charge is 2.11. The molecular weight excluding hydrogens is 432 g/mol. The predicted octanol–water partition coefficient (Wildman–Crippen LogP) is 3.75. The molecule has 7 heteroatoms. The van der Waals surface area contributed by atoms with Crippen molar-refractivity contribution in [1.29, 1.82) is 0 Å². The Morgan fingerprint density at radius 3 is 2.78 bits per heavy atom. The fraction of sp³-hybridized carbons (Fsp3) is 0. The topological polar surface area (TPSA) is 54.9 Å². The largest absolute Gasteiger partial charge is 0.305 e. The summed E-state index contributed by atoms with van der Waals surface area (Å²) in [5.74, 6) is 0.104. The summed E-state index contributed by atoms with van der Waals surface area (Å²) in [4.78, 5) is 19.8. The average molecular weight is 438 g/mol. The Balaban J connectivity index is 2.21. The predicted molar refractivity (Wildman–Crippen MR) is 81.9 cm³/mol. The Hall–Kier alpha value is -0.730. The number of hydrogen-bond acceptors (Lipinski definition) is 3. The monoisotopic (exact) mass is 437 g/mol. The Morgan fingerprint density at radius 1 is 1.33 bits per heavy atom. The molecule has 0 aliphatic carbocycles. The van der Waals surface area contributed by atoms with Gasteiger partial charge in [0.2, 0.25) is 0 Å². The van der Waals surface area contributed by atoms with Crippen molar-refractivity contribution in [2.75, 3.05) is 5.32 Å². The number of rotatable bonds is 2. The summed E-state index contributed by atoms with van der Waals surface area (Å²) in [7, 11) is 0. The molecule has 0 aliphatic rings. The number of benzene rings is 1. The molecule has 1 N–H and O–H groups in total. The van der Waals surface area contributed by atoms with Crippen LogP contribution < -0.4 is 5.32 Å². The minimum Gasteiger partial charge on any atom is -0.305 e. The molecule has 0 fully saturated rings. The summed E-state index contributed by atoms with van der Waals surface area (Å²) in [6.45, 7) is 0. The van der Waals surface area contributed by atoms with Crippen LogP contribution >= 0.6 is 50.1 Å². The Bertz CT molecular complexity index is 591. The number of carbonyl (C=O) groups is 1. The number of hydrogen-bond donors (Lipinski definition) is 1. The first-order valence-corrected chi connectivity index (χ1v) is 7.05. The normalized spacial score (nSPS) is 10.2. The minimum atomic E-state index is -0.253. The molecule has 0 atom stereocenters. The Morgan fingerprint density at radius 2 is 2.11 bits per heavy atom. The number of amides is 1. The van der Waals surface area contributed by atoms with Gasteiger partial charge in [0, 0.05) is 8.04 Å². The van der Waals surface area contributed by atoms with Gasteiger partial charge in [-0.1, -0.05) is 11.6 Å². The number of halogens is 3. The fourth-order valence-corrected chi connectivity index (χ4v) is 2.25. The maximum atomic E-state index is 12.0. The van der Waals surface area contributed by atoms with Crippen LogP contribution in [-0.4, -0.2) is 15.9 Å². The van der Waals surface area contributed by atoms with E-state index >= 15 is 0 Å². The van der Waals surface area contributed by atoms with Gasteiger partial charge in [-0.05, 0) is 56.7 Å². The van der Waals surface area contributed by atoms with Crippen molar-refractivity contribution >= 4 is 61.8 Å². The van der Waals surface area contributed by atoms with E-state index in [-0.39, 0.29) is 11.1 Å². The molecule has 2 aromatic rings. The third-order valence-corrected chi connectivity index (χ3v) is 3.59. The molecule has 0 saturated carbocycles. The van der Waals surface area contributed by atoms with Crippen molar-refractivity contribution in [3.63, 3.8) is 0 Å². The number of nitrogens with zero attached hydrogens (tertiary/aromatic N) is 2. The lowest BCUT2D eigenvalue weighted by Crippen LogP contribution is -2.14. The van der Waals surface area contributed by atoms with E-state index in [0.717, 1.165) is 8.04 Å². The summed E-state index contributed by atoms with van der Waals surface area (Å²) >= 11 is 11.1. The first-order valence-electron chi connectivity index (χ1n) is 4.80. The molecule has 0 radical (unpaired) electrons. The highest BCUT2D eigenvalue weighted by molar-refractivity contribution is 14.1. The Labute approximate surface area is 130 Å². The van der Waals surface area contributed by atoms with Gasteiger partial charge in [0.25, 0.3) is 5.91 Å². The molecule has 2 rings (SSSR count). The van der Waals surface area contributed by atoms with Crippen molar-refractivity contribution in [3.8, 4) is 0 Å². The third kappa shape index (κ3) is 3.39. The molecule has 92 valence electrons. The molecule has 18 heavy (non-hydrogen) atoms. The molecule has 0 spiro atoms. The Kier molecular flexibility index (Phi) is 4.52. The quantitative estimate of drug-likeness (QED) is 0.727. The number of carbonyl (C=O) groups excluding carboxylic acids is 1. The van der Waals surface area contributed by atoms with Gasteiger partial charge in [-0.2, -0.15) is 0 Å². The molecule has 1 aromatic carbocycles. The molecular formula is C11H6BrClIN3O. The number of anilines is 1. The van der Waals surface area contributed by atoms with E-state index in [1.54, 1.807) is 6.07 Å². The van der Waals surface area contributed by atoms with Crippen LogP contribution in [0.25, 0.3) is 0 Å². The van der Waals surface area contributed by atoms with Crippen LogP contribution in [0.2, 0.25) is 5.15 Å². The second-order valence-corrected chi connectivity index (χ2v) is 5.79. The van der Waals surface area contributed by atoms with Crippen molar-refractivity contribution in [2.24, 2.45) is 0 Å². The highest BCUT2D eigenvalue weighted by Crippen LogP contribution is 2.20. The van der Waals surface area contributed by atoms with Crippen LogP contribution in [0, 0.1) is 3.57 Å². The summed E-state index contributed by atoms with van der Waals surface area (Å²) in [6.07, 6.45) is 2.78. The average Bonchev–Trinajstić information content (AvgIpc) is 2.35. The first-order chi connectivity index (χ1) is 8.56. The summed E-state index contributed by atoms with van der Waals surface area (Å²) in [5, 5.41) is 2.93. The molecule has 1 amide bonds. The molecule has 4 nitrogen and oxygen atoms in total. The van der Waals surface area contributed by atoms with Gasteiger partial charge in [-0.25, -0.2) is 9.97 Å². The van der Waals surface area contributed by atoms with Crippen LogP contribution in [0.5, 0.6) is 0 Å². The van der Waals surface area contributed by atoms with Crippen LogP contribution in [0.1, 0.15) is 10.4 Å². The molecule has 1 aromatic heterocycles. The zero-order valence-electron chi connectivity index (χ0n) is 8.82. The van der Waals surface area contributed by atoms with Gasteiger partial charge in [0.05, 0.1) is 18.0 Å². The summed E-state index contributed by atoms with van der Waals surface area (Å²) in [6, 6.07) is 5.51. The van der Waals surface area contributed by atoms with Crippen LogP contribution in [0.4, 0.5) is 5.82 Å². The maximum Gasteiger partial charge on any atom is 0.258 e. The van der Waals surface area contributed by atoms with E-state index < -0.39 is 0 Å². The third-order valence-electron chi connectivity index (χ3n) is 2.03. The maximum absolute atomic E-state index is 12.0. The molecule has 1 heterocycles. The van der Waals surface area contributed by atoms with Crippen LogP contribution in [0.3, 0.4) is 0 Å². The van der Waals surface area contributed by atoms with Gasteiger partial charge in [-0.15, -0.1) is 0 Å². The summed E-state index contributed by atoms with van der Waals surface area (Å²) < 4.78 is 1.70. The van der Waals surface area contributed by atoms with E-state index in [4.69, 9.17) is 11.6 Å². The lowest BCUT2D eigenvalue weighted by atomic mass is 10.2. The van der Waals surface area contributed by atoms with Crippen molar-refractivity contribution in [3.05, 3.63) is 49.4 Å². The van der Waals surface area contributed by atoms with Gasteiger partial charge in [0.1, 0.15) is 5.15 Å². The van der Waals surface area contributed by atoms with Crippen molar-refractivity contribution in [1.82, 2.24) is 9.97 Å². The lowest BCUT2D eigenvalue weighted by Gasteiger charge is -2.06. The first kappa shape index (κ1) is 13.7. The molecule has 0 aliphatic heterocycles. The van der Waals surface area contributed by atoms with Crippen molar-refractivity contribution in [2.45, 2.75) is 0 Å². The van der Waals surface area contributed by atoms with E-state index in [9.17, 15) is 4.79 Å². The van der Waals surface area contributed by atoms with E-state index in [0.29, 0.717) is 11.4 Å². The second-order valence-electron chi connectivity index (χ2n) is 3.30.